The molecule has 1 aromatic carbocycles. The van der Waals surface area contributed by atoms with E-state index < -0.39 is 15.7 Å². The lowest BCUT2D eigenvalue weighted by atomic mass is 10.0. The fraction of sp³-hybridized carbons (Fsp3) is 0.375. The Kier molecular flexibility index (Phi) is 4.55. The first-order chi connectivity index (χ1) is 11.9. The van der Waals surface area contributed by atoms with Crippen LogP contribution in [0.1, 0.15) is 25.7 Å². The van der Waals surface area contributed by atoms with Gasteiger partial charge in [0, 0.05) is 25.7 Å². The lowest BCUT2D eigenvalue weighted by Gasteiger charge is -2.18. The second kappa shape index (κ2) is 6.64. The Morgan fingerprint density at radius 1 is 1.28 bits per heavy atom. The number of anilines is 1. The molecule has 2 heterocycles. The summed E-state index contributed by atoms with van der Waals surface area (Å²) in [5.74, 6) is 2.49. The predicted octanol–water partition coefficient (Wildman–Crippen LogP) is 1.67. The Morgan fingerprint density at radius 3 is 2.76 bits per heavy atom. The average molecular weight is 359 g/mol. The van der Waals surface area contributed by atoms with Gasteiger partial charge in [0.2, 0.25) is 5.91 Å². The van der Waals surface area contributed by atoms with Gasteiger partial charge in [-0.1, -0.05) is 12.1 Å². The molecular weight excluding hydrogens is 342 g/mol. The number of rotatable bonds is 7. The smallest absolute Gasteiger partial charge is 0.286 e. The number of carbonyl (C=O) groups excluding carboxylic acids is 1. The Morgan fingerprint density at radius 2 is 2.04 bits per heavy atom. The molecule has 0 aliphatic carbocycles. The van der Waals surface area contributed by atoms with Crippen LogP contribution in [0.15, 0.2) is 43.8 Å². The van der Waals surface area contributed by atoms with Crippen LogP contribution >= 0.6 is 0 Å². The molecule has 1 amide bonds. The van der Waals surface area contributed by atoms with E-state index in [0.29, 0.717) is 24.9 Å². The number of hydrogen-bond acceptors (Lipinski definition) is 6. The van der Waals surface area contributed by atoms with E-state index in [4.69, 9.17) is 6.42 Å². The van der Waals surface area contributed by atoms with Crippen molar-refractivity contribution in [3.8, 4) is 12.3 Å². The van der Waals surface area contributed by atoms with Crippen LogP contribution in [0.3, 0.4) is 0 Å². The molecule has 130 valence electrons. The summed E-state index contributed by atoms with van der Waals surface area (Å²) in [6.07, 6.45) is 7.14. The van der Waals surface area contributed by atoms with Crippen molar-refractivity contribution in [1.82, 2.24) is 5.32 Å². The molecule has 0 saturated heterocycles. The van der Waals surface area contributed by atoms with Crippen molar-refractivity contribution in [1.29, 1.82) is 0 Å². The highest BCUT2D eigenvalue weighted by Gasteiger charge is 2.39. The lowest BCUT2D eigenvalue weighted by Crippen LogP contribution is -2.35. The third-order valence-corrected chi connectivity index (χ3v) is 5.30. The van der Waals surface area contributed by atoms with Gasteiger partial charge in [-0.15, -0.1) is 16.7 Å². The minimum absolute atomic E-state index is 0.00195. The number of amidine groups is 1. The maximum absolute atomic E-state index is 12.1. The summed E-state index contributed by atoms with van der Waals surface area (Å²) < 4.78 is 27.9. The maximum Gasteiger partial charge on any atom is 0.286 e. The Labute approximate surface area is 145 Å². The molecule has 0 atom stereocenters. The van der Waals surface area contributed by atoms with Gasteiger partial charge in [-0.2, -0.15) is 18.6 Å². The zero-order chi connectivity index (χ0) is 17.9. The average Bonchev–Trinajstić information content (AvgIpc) is 3.36. The fourth-order valence-electron chi connectivity index (χ4n) is 2.50. The van der Waals surface area contributed by atoms with Crippen LogP contribution in [0.5, 0.6) is 0 Å². The van der Waals surface area contributed by atoms with Crippen molar-refractivity contribution in [2.45, 2.75) is 36.2 Å². The molecule has 0 unspecified atom stereocenters. The van der Waals surface area contributed by atoms with Gasteiger partial charge in [0.25, 0.3) is 10.0 Å². The van der Waals surface area contributed by atoms with E-state index in [-0.39, 0.29) is 29.6 Å². The van der Waals surface area contributed by atoms with Crippen LogP contribution in [0.2, 0.25) is 0 Å². The molecule has 3 rings (SSSR count). The highest BCUT2D eigenvalue weighted by molar-refractivity contribution is 7.90. The van der Waals surface area contributed by atoms with Gasteiger partial charge in [0.1, 0.15) is 10.7 Å². The number of para-hydroxylation sites is 1. The molecule has 0 spiro atoms. The van der Waals surface area contributed by atoms with Crippen LogP contribution in [-0.4, -0.2) is 32.4 Å². The molecule has 2 aliphatic heterocycles. The fourth-order valence-corrected chi connectivity index (χ4v) is 3.64. The molecule has 2 N–H and O–H groups in total. The van der Waals surface area contributed by atoms with Gasteiger partial charge in [0.05, 0.1) is 12.2 Å². The van der Waals surface area contributed by atoms with E-state index in [1.54, 1.807) is 18.2 Å². The number of carbonyl (C=O) groups is 1. The Balaban J connectivity index is 1.52. The van der Waals surface area contributed by atoms with Crippen LogP contribution in [0, 0.1) is 12.3 Å². The number of fused-ring (bicyclic) bond motifs is 1. The zero-order valence-corrected chi connectivity index (χ0v) is 14.2. The molecule has 1 aromatic rings. The highest BCUT2D eigenvalue weighted by atomic mass is 32.2. The normalized spacial score (nSPS) is 18.3. The third kappa shape index (κ3) is 4.03. The second-order valence-electron chi connectivity index (χ2n) is 5.80. The molecular formula is C16H17N5O3S. The lowest BCUT2D eigenvalue weighted by molar-refractivity contribution is -0.121. The first-order valence-corrected chi connectivity index (χ1v) is 9.22. The van der Waals surface area contributed by atoms with Crippen molar-refractivity contribution in [3.63, 3.8) is 0 Å². The van der Waals surface area contributed by atoms with Crippen LogP contribution in [0.4, 0.5) is 5.69 Å². The molecule has 2 aliphatic rings. The maximum atomic E-state index is 12.1. The number of sulfonamides is 1. The summed E-state index contributed by atoms with van der Waals surface area (Å²) in [7, 11) is -3.75. The van der Waals surface area contributed by atoms with Crippen molar-refractivity contribution in [3.05, 3.63) is 24.3 Å². The van der Waals surface area contributed by atoms with Gasteiger partial charge in [-0.25, -0.2) is 0 Å². The molecule has 8 nitrogen and oxygen atoms in total. The predicted molar refractivity (Wildman–Crippen MR) is 92.6 cm³/mol. The minimum Gasteiger partial charge on any atom is -0.349 e. The van der Waals surface area contributed by atoms with E-state index in [2.05, 4.69) is 31.2 Å². The first-order valence-electron chi connectivity index (χ1n) is 7.78. The monoisotopic (exact) mass is 359 g/mol. The number of nitrogens with zero attached hydrogens (tertiary/aromatic N) is 3. The van der Waals surface area contributed by atoms with Gasteiger partial charge in [-0.05, 0) is 12.1 Å². The Bertz CT molecular complexity index is 893. The van der Waals surface area contributed by atoms with E-state index in [1.165, 1.54) is 6.07 Å². The number of nitrogens with one attached hydrogen (secondary N) is 2. The molecule has 0 aromatic heterocycles. The minimum atomic E-state index is -3.75. The quantitative estimate of drug-likeness (QED) is 0.721. The number of hydrogen-bond donors (Lipinski definition) is 2. The first kappa shape index (κ1) is 17.1. The summed E-state index contributed by atoms with van der Waals surface area (Å²) in [4.78, 5) is 12.1. The number of amides is 1. The van der Waals surface area contributed by atoms with Crippen LogP contribution in [0.25, 0.3) is 0 Å². The van der Waals surface area contributed by atoms with Crippen molar-refractivity contribution in [2.24, 2.45) is 14.6 Å². The highest BCUT2D eigenvalue weighted by Crippen LogP contribution is 2.37. The second-order valence-corrected chi connectivity index (χ2v) is 7.37. The van der Waals surface area contributed by atoms with Crippen molar-refractivity contribution >= 4 is 27.5 Å². The SMILES string of the molecule is C#CCCC1(CCC(=O)NCC2=NS(=O)(=O)c3ccccc3N2)N=N1. The van der Waals surface area contributed by atoms with Gasteiger partial charge < -0.3 is 10.6 Å². The molecule has 0 radical (unpaired) electrons. The topological polar surface area (TPSA) is 112 Å². The van der Waals surface area contributed by atoms with Gasteiger partial charge in [-0.3, -0.25) is 4.79 Å². The van der Waals surface area contributed by atoms with E-state index in [1.807, 2.05) is 0 Å². The largest absolute Gasteiger partial charge is 0.349 e. The summed E-state index contributed by atoms with van der Waals surface area (Å²) >= 11 is 0. The van der Waals surface area contributed by atoms with Crippen LogP contribution in [-0.2, 0) is 14.8 Å². The molecule has 0 fully saturated rings. The Hall–Kier alpha value is -2.73. The third-order valence-electron chi connectivity index (χ3n) is 3.93. The standard InChI is InChI=1S/C16H17N5O3S/c1-2-3-9-16(20-21-16)10-8-15(22)17-11-14-18-12-6-4-5-7-13(12)25(23,24)19-14/h1,4-7H,3,8-11H2,(H,17,22)(H,18,19). The number of benzene rings is 1. The molecule has 0 saturated carbocycles. The summed E-state index contributed by atoms with van der Waals surface area (Å²) in [6, 6.07) is 6.48. The van der Waals surface area contributed by atoms with Crippen molar-refractivity contribution in [2.75, 3.05) is 11.9 Å². The zero-order valence-electron chi connectivity index (χ0n) is 13.4. The summed E-state index contributed by atoms with van der Waals surface area (Å²) in [5.41, 5.74) is -0.0577. The molecule has 9 heteroatoms. The van der Waals surface area contributed by atoms with Crippen LogP contribution < -0.4 is 10.6 Å². The van der Waals surface area contributed by atoms with E-state index in [9.17, 15) is 13.2 Å². The molecule has 0 bridgehead atoms. The number of terminal acetylenes is 1. The van der Waals surface area contributed by atoms with Gasteiger partial charge >= 0.3 is 0 Å². The van der Waals surface area contributed by atoms with Crippen molar-refractivity contribution < 1.29 is 13.2 Å². The summed E-state index contributed by atoms with van der Waals surface area (Å²) in [6.45, 7) is -0.00195. The van der Waals surface area contributed by atoms with E-state index >= 15 is 0 Å². The van der Waals surface area contributed by atoms with E-state index in [0.717, 1.165) is 0 Å². The van der Waals surface area contributed by atoms with Gasteiger partial charge in [0.15, 0.2) is 5.66 Å². The molecule has 25 heavy (non-hydrogen) atoms. The summed E-state index contributed by atoms with van der Waals surface area (Å²) in [5, 5.41) is 13.5.